The molecule has 33 heavy (non-hydrogen) atoms. The second-order valence-electron chi connectivity index (χ2n) is 8.79. The van der Waals surface area contributed by atoms with Crippen LogP contribution in [0, 0.1) is 11.8 Å². The molecule has 4 aliphatic heterocycles. The molecule has 1 spiro atoms. The fourth-order valence-corrected chi connectivity index (χ4v) is 5.80. The van der Waals surface area contributed by atoms with Crippen molar-refractivity contribution in [2.75, 3.05) is 12.1 Å². The molecule has 3 amide bonds. The van der Waals surface area contributed by atoms with E-state index in [9.17, 15) is 19.5 Å². The summed E-state index contributed by atoms with van der Waals surface area (Å²) in [7, 11) is 0. The number of carbonyl (C=O) groups excluding carboxylic acids is 3. The van der Waals surface area contributed by atoms with Crippen LogP contribution in [0.5, 0.6) is 11.5 Å². The van der Waals surface area contributed by atoms with Crippen LogP contribution < -0.4 is 20.1 Å². The van der Waals surface area contributed by atoms with Gasteiger partial charge in [-0.2, -0.15) is 0 Å². The maximum atomic E-state index is 13.7. The molecule has 3 N–H and O–H groups in total. The molecular formula is C23H20ClN3O6. The van der Waals surface area contributed by atoms with E-state index < -0.39 is 47.2 Å². The third kappa shape index (κ3) is 2.64. The lowest BCUT2D eigenvalue weighted by atomic mass is 9.76. The van der Waals surface area contributed by atoms with Crippen molar-refractivity contribution in [3.05, 3.63) is 52.5 Å². The number of fused-ring (bicyclic) bond motifs is 5. The molecule has 4 aliphatic rings. The van der Waals surface area contributed by atoms with Gasteiger partial charge in [0.25, 0.3) is 0 Å². The first-order valence-electron chi connectivity index (χ1n) is 10.6. The van der Waals surface area contributed by atoms with Gasteiger partial charge in [-0.1, -0.05) is 29.8 Å². The summed E-state index contributed by atoms with van der Waals surface area (Å²) in [5, 5.41) is 16.7. The van der Waals surface area contributed by atoms with Crippen LogP contribution in [-0.2, 0) is 26.5 Å². The van der Waals surface area contributed by atoms with Gasteiger partial charge in [0.2, 0.25) is 24.5 Å². The van der Waals surface area contributed by atoms with Crippen LogP contribution in [0.3, 0.4) is 0 Å². The Morgan fingerprint density at radius 1 is 1.18 bits per heavy atom. The second-order valence-corrected chi connectivity index (χ2v) is 9.20. The van der Waals surface area contributed by atoms with Crippen molar-refractivity contribution in [1.82, 2.24) is 10.2 Å². The molecule has 2 aromatic carbocycles. The predicted molar refractivity (Wildman–Crippen MR) is 115 cm³/mol. The van der Waals surface area contributed by atoms with E-state index >= 15 is 0 Å². The molecule has 2 fully saturated rings. The molecular weight excluding hydrogens is 450 g/mol. The highest BCUT2D eigenvalue weighted by Crippen LogP contribution is 2.54. The molecule has 9 nitrogen and oxygen atoms in total. The summed E-state index contributed by atoms with van der Waals surface area (Å²) in [5.41, 5.74) is 0.111. The van der Waals surface area contributed by atoms with Crippen LogP contribution in [0.1, 0.15) is 18.1 Å². The van der Waals surface area contributed by atoms with E-state index in [0.29, 0.717) is 33.3 Å². The summed E-state index contributed by atoms with van der Waals surface area (Å²) in [5.74, 6) is -2.13. The molecule has 0 saturated carbocycles. The van der Waals surface area contributed by atoms with Crippen molar-refractivity contribution >= 4 is 35.0 Å². The van der Waals surface area contributed by atoms with Crippen LogP contribution in [0.15, 0.2) is 36.4 Å². The zero-order chi connectivity index (χ0) is 23.1. The number of ether oxygens (including phenoxy) is 2. The van der Waals surface area contributed by atoms with Gasteiger partial charge in [-0.05, 0) is 30.7 Å². The van der Waals surface area contributed by atoms with Crippen LogP contribution in [0.4, 0.5) is 5.69 Å². The maximum absolute atomic E-state index is 13.7. The minimum Gasteiger partial charge on any atom is -0.454 e. The first kappa shape index (κ1) is 20.5. The average molecular weight is 470 g/mol. The number of halogens is 1. The first-order valence-corrected chi connectivity index (χ1v) is 11.0. The number of carbonyl (C=O) groups is 3. The highest BCUT2D eigenvalue weighted by atomic mass is 35.5. The monoisotopic (exact) mass is 469 g/mol. The Bertz CT molecular complexity index is 1230. The van der Waals surface area contributed by atoms with E-state index in [-0.39, 0.29) is 13.3 Å². The van der Waals surface area contributed by atoms with E-state index in [4.69, 9.17) is 21.1 Å². The Kier molecular flexibility index (Phi) is 4.30. The number of anilines is 1. The van der Waals surface area contributed by atoms with E-state index in [1.807, 2.05) is 0 Å². The summed E-state index contributed by atoms with van der Waals surface area (Å²) >= 11 is 6.31. The van der Waals surface area contributed by atoms with Crippen molar-refractivity contribution in [2.24, 2.45) is 11.8 Å². The predicted octanol–water partition coefficient (Wildman–Crippen LogP) is 1.37. The second kappa shape index (κ2) is 6.93. The average Bonchev–Trinajstić information content (AvgIpc) is 3.51. The fourth-order valence-electron chi connectivity index (χ4n) is 5.58. The molecule has 0 radical (unpaired) electrons. The van der Waals surface area contributed by atoms with Gasteiger partial charge in [0.1, 0.15) is 5.54 Å². The number of hydrogen-bond donors (Lipinski definition) is 3. The molecule has 0 unspecified atom stereocenters. The Morgan fingerprint density at radius 3 is 2.76 bits per heavy atom. The number of imide groups is 1. The molecule has 4 heterocycles. The van der Waals surface area contributed by atoms with E-state index in [0.717, 1.165) is 0 Å². The Morgan fingerprint density at radius 2 is 1.97 bits per heavy atom. The number of nitrogens with zero attached hydrogens (tertiary/aromatic N) is 1. The summed E-state index contributed by atoms with van der Waals surface area (Å²) in [6.07, 6.45) is -0.977. The Hall–Kier alpha value is -3.14. The number of likely N-dealkylation sites (tertiary alicyclic amines) is 1. The van der Waals surface area contributed by atoms with Gasteiger partial charge < -0.3 is 19.9 Å². The largest absolute Gasteiger partial charge is 0.454 e. The topological polar surface area (TPSA) is 117 Å². The van der Waals surface area contributed by atoms with Crippen LogP contribution >= 0.6 is 11.6 Å². The first-order chi connectivity index (χ1) is 15.8. The Labute approximate surface area is 193 Å². The van der Waals surface area contributed by atoms with Crippen LogP contribution in [0.2, 0.25) is 5.02 Å². The van der Waals surface area contributed by atoms with Crippen molar-refractivity contribution in [1.29, 1.82) is 0 Å². The van der Waals surface area contributed by atoms with E-state index in [1.54, 1.807) is 36.4 Å². The quantitative estimate of drug-likeness (QED) is 0.581. The highest BCUT2D eigenvalue weighted by Gasteiger charge is 2.71. The molecule has 6 rings (SSSR count). The lowest BCUT2D eigenvalue weighted by Crippen LogP contribution is -2.54. The number of nitrogens with one attached hydrogen (secondary N) is 2. The third-order valence-electron chi connectivity index (χ3n) is 7.02. The number of amides is 3. The van der Waals surface area contributed by atoms with Crippen molar-refractivity contribution in [2.45, 2.75) is 31.2 Å². The van der Waals surface area contributed by atoms with Crippen LogP contribution in [-0.4, -0.2) is 46.7 Å². The zero-order valence-electron chi connectivity index (χ0n) is 17.5. The molecule has 170 valence electrons. The number of hydrogen-bond acceptors (Lipinski definition) is 7. The number of rotatable bonds is 3. The number of aliphatic hydroxyl groups is 1. The number of para-hydroxylation sites is 1. The molecule has 0 aliphatic carbocycles. The molecule has 0 aromatic heterocycles. The normalized spacial score (nSPS) is 30.1. The standard InChI is InChI=1S/C23H20ClN3O6/c1-10(28)18-16-17(23(26-18)12-3-2-4-13(24)19(12)25-22(23)31)21(30)27(20(16)29)8-11-5-6-14-15(7-11)33-9-32-14/h2-7,10,16-18,26,28H,8-9H2,1H3,(H,25,31)/t10-,16-,17+,18-,23+/m1/s1. The SMILES string of the molecule is C[C@@H](O)[C@H]1N[C@]2(C(=O)Nc3c(Cl)cccc32)[C@@H]2C(=O)N(Cc3ccc4c(c3)OCO4)C(=O)[C@@H]12. The van der Waals surface area contributed by atoms with Gasteiger partial charge in [-0.25, -0.2) is 0 Å². The number of aliphatic hydroxyl groups excluding tert-OH is 1. The Balaban J connectivity index is 1.43. The lowest BCUT2D eigenvalue weighted by Gasteiger charge is -2.30. The maximum Gasteiger partial charge on any atom is 0.250 e. The molecule has 5 atom stereocenters. The van der Waals surface area contributed by atoms with Gasteiger partial charge in [-0.3, -0.25) is 24.6 Å². The van der Waals surface area contributed by atoms with Gasteiger partial charge in [-0.15, -0.1) is 0 Å². The van der Waals surface area contributed by atoms with Crippen molar-refractivity contribution in [3.8, 4) is 11.5 Å². The van der Waals surface area contributed by atoms with E-state index in [1.165, 1.54) is 11.8 Å². The van der Waals surface area contributed by atoms with Crippen molar-refractivity contribution < 1.29 is 29.0 Å². The molecule has 2 saturated heterocycles. The molecule has 0 bridgehead atoms. The van der Waals surface area contributed by atoms with E-state index in [2.05, 4.69) is 10.6 Å². The van der Waals surface area contributed by atoms with Gasteiger partial charge in [0.15, 0.2) is 11.5 Å². The van der Waals surface area contributed by atoms with Gasteiger partial charge in [0.05, 0.1) is 35.2 Å². The molecule has 2 aromatic rings. The van der Waals surface area contributed by atoms with Gasteiger partial charge in [0, 0.05) is 11.6 Å². The summed E-state index contributed by atoms with van der Waals surface area (Å²) in [4.78, 5) is 41.7. The molecule has 10 heteroatoms. The summed E-state index contributed by atoms with van der Waals surface area (Å²) < 4.78 is 10.7. The minimum absolute atomic E-state index is 0.0218. The zero-order valence-corrected chi connectivity index (χ0v) is 18.3. The smallest absolute Gasteiger partial charge is 0.250 e. The van der Waals surface area contributed by atoms with Crippen molar-refractivity contribution in [3.63, 3.8) is 0 Å². The highest BCUT2D eigenvalue weighted by molar-refractivity contribution is 6.35. The minimum atomic E-state index is -1.50. The summed E-state index contributed by atoms with van der Waals surface area (Å²) in [6, 6.07) is 9.49. The fraction of sp³-hybridized carbons (Fsp3) is 0.348. The van der Waals surface area contributed by atoms with Gasteiger partial charge >= 0.3 is 0 Å². The lowest BCUT2D eigenvalue weighted by molar-refractivity contribution is -0.143. The van der Waals surface area contributed by atoms with Crippen LogP contribution in [0.25, 0.3) is 0 Å². The summed E-state index contributed by atoms with van der Waals surface area (Å²) in [6.45, 7) is 1.68. The number of benzene rings is 2. The third-order valence-corrected chi connectivity index (χ3v) is 7.34.